The lowest BCUT2D eigenvalue weighted by Crippen LogP contribution is -2.57. The Morgan fingerprint density at radius 2 is 1.26 bits per heavy atom. The number of rotatable bonds is 7. The van der Waals surface area contributed by atoms with Crippen LogP contribution in [0.4, 0.5) is 8.78 Å². The molecule has 0 unspecified atom stereocenters. The van der Waals surface area contributed by atoms with Crippen LogP contribution in [0.25, 0.3) is 22.3 Å². The van der Waals surface area contributed by atoms with Crippen molar-refractivity contribution in [2.24, 2.45) is 0 Å². The maximum atomic E-state index is 15.5. The number of likely N-dealkylation sites (tertiary alicyclic amines) is 1. The normalized spacial score (nSPS) is 17.5. The first-order valence-corrected chi connectivity index (χ1v) is 13.8. The molecule has 4 rings (SSSR count). The summed E-state index contributed by atoms with van der Waals surface area (Å²) in [6.45, 7) is 13.0. The van der Waals surface area contributed by atoms with Crippen LogP contribution >= 0.6 is 0 Å². The zero-order valence-corrected chi connectivity index (χ0v) is 23.7. The lowest BCUT2D eigenvalue weighted by Gasteiger charge is -2.55. The van der Waals surface area contributed by atoms with Crippen molar-refractivity contribution in [2.45, 2.75) is 84.2 Å². The molecule has 0 spiro atoms. The fraction of sp³-hybridized carbons (Fsp3) is 0.371. The Hall–Kier alpha value is -3.20. The quantitative estimate of drug-likeness (QED) is 0.284. The number of allylic oxidation sites excluding steroid dienone is 3. The van der Waals surface area contributed by atoms with E-state index in [0.29, 0.717) is 6.42 Å². The largest absolute Gasteiger partial charge is 0.368 e. The SMILES string of the molecule is C/C=C/CCc1ccc(-c2ccc(-c3ccc(C4CC(C)(C)N(/C=C/C)C(C)(C)C4)c(F)c3)cc2)cc1F. The van der Waals surface area contributed by atoms with Crippen molar-refractivity contribution in [3.8, 4) is 22.3 Å². The molecule has 1 aliphatic rings. The molecular formula is C35H41F2N. The van der Waals surface area contributed by atoms with E-state index in [4.69, 9.17) is 0 Å². The summed E-state index contributed by atoms with van der Waals surface area (Å²) in [6, 6.07) is 19.1. The molecule has 0 atom stereocenters. The minimum absolute atomic E-state index is 0.0654. The highest BCUT2D eigenvalue weighted by molar-refractivity contribution is 5.71. The van der Waals surface area contributed by atoms with Crippen LogP contribution in [0.3, 0.4) is 0 Å². The van der Waals surface area contributed by atoms with Crippen molar-refractivity contribution in [2.75, 3.05) is 0 Å². The molecule has 1 fully saturated rings. The van der Waals surface area contributed by atoms with E-state index in [2.05, 4.69) is 50.9 Å². The molecule has 0 aliphatic carbocycles. The van der Waals surface area contributed by atoms with Crippen LogP contribution in [0.15, 0.2) is 85.1 Å². The van der Waals surface area contributed by atoms with E-state index < -0.39 is 0 Å². The Bertz CT molecular complexity index is 1300. The van der Waals surface area contributed by atoms with E-state index in [-0.39, 0.29) is 28.6 Å². The molecule has 38 heavy (non-hydrogen) atoms. The molecule has 1 saturated heterocycles. The Labute approximate surface area is 227 Å². The van der Waals surface area contributed by atoms with Crippen molar-refractivity contribution in [1.82, 2.24) is 4.90 Å². The Kier molecular flexibility index (Phi) is 8.25. The van der Waals surface area contributed by atoms with Gasteiger partial charge in [0.15, 0.2) is 0 Å². The molecule has 0 saturated carbocycles. The van der Waals surface area contributed by atoms with Crippen LogP contribution in [-0.2, 0) is 6.42 Å². The number of halogens is 2. The molecule has 0 radical (unpaired) electrons. The standard InChI is InChI=1S/C35H41F2N/c1-7-9-10-11-27-16-17-28(21-32(27)36)25-12-14-26(15-13-25)29-18-19-31(33(37)22-29)30-23-34(3,4)38(20-8-2)35(5,6)24-30/h7-9,12-22,30H,10-11,23-24H2,1-6H3/b9-7+,20-8+. The summed E-state index contributed by atoms with van der Waals surface area (Å²) in [6.07, 6.45) is 11.6. The highest BCUT2D eigenvalue weighted by atomic mass is 19.1. The van der Waals surface area contributed by atoms with Gasteiger partial charge in [-0.2, -0.15) is 0 Å². The van der Waals surface area contributed by atoms with Gasteiger partial charge in [-0.05, 0) is 125 Å². The predicted molar refractivity (Wildman–Crippen MR) is 157 cm³/mol. The highest BCUT2D eigenvalue weighted by Crippen LogP contribution is 2.46. The molecule has 1 heterocycles. The maximum absolute atomic E-state index is 15.5. The summed E-state index contributed by atoms with van der Waals surface area (Å²) >= 11 is 0. The minimum Gasteiger partial charge on any atom is -0.368 e. The zero-order valence-electron chi connectivity index (χ0n) is 23.7. The Morgan fingerprint density at radius 3 is 1.76 bits per heavy atom. The smallest absolute Gasteiger partial charge is 0.127 e. The van der Waals surface area contributed by atoms with Crippen LogP contribution < -0.4 is 0 Å². The third-order valence-electron chi connectivity index (χ3n) is 7.96. The van der Waals surface area contributed by atoms with Crippen molar-refractivity contribution in [3.05, 3.63) is 108 Å². The van der Waals surface area contributed by atoms with Gasteiger partial charge in [-0.1, -0.05) is 66.8 Å². The van der Waals surface area contributed by atoms with Gasteiger partial charge in [0.25, 0.3) is 0 Å². The number of hydrogen-bond acceptors (Lipinski definition) is 1. The number of aryl methyl sites for hydroxylation is 1. The third-order valence-corrected chi connectivity index (χ3v) is 7.96. The van der Waals surface area contributed by atoms with E-state index in [1.807, 2.05) is 68.5 Å². The average molecular weight is 514 g/mol. The first-order valence-electron chi connectivity index (χ1n) is 13.8. The average Bonchev–Trinajstić information content (AvgIpc) is 2.87. The Balaban J connectivity index is 1.52. The third kappa shape index (κ3) is 5.93. The molecule has 1 aliphatic heterocycles. The van der Waals surface area contributed by atoms with E-state index in [1.54, 1.807) is 12.1 Å². The van der Waals surface area contributed by atoms with Crippen molar-refractivity contribution >= 4 is 0 Å². The van der Waals surface area contributed by atoms with Crippen LogP contribution in [0.5, 0.6) is 0 Å². The van der Waals surface area contributed by atoms with Crippen LogP contribution in [0, 0.1) is 11.6 Å². The molecule has 0 bridgehead atoms. The van der Waals surface area contributed by atoms with Gasteiger partial charge < -0.3 is 4.90 Å². The number of piperidine rings is 1. The highest BCUT2D eigenvalue weighted by Gasteiger charge is 2.44. The summed E-state index contributed by atoms with van der Waals surface area (Å²) in [4.78, 5) is 2.42. The second-order valence-corrected chi connectivity index (χ2v) is 11.8. The van der Waals surface area contributed by atoms with Crippen molar-refractivity contribution in [1.29, 1.82) is 0 Å². The molecule has 3 heteroatoms. The molecule has 3 aromatic rings. The summed E-state index contributed by atoms with van der Waals surface area (Å²) in [5.74, 6) is -0.149. The Morgan fingerprint density at radius 1 is 0.737 bits per heavy atom. The first-order chi connectivity index (χ1) is 18.1. The predicted octanol–water partition coefficient (Wildman–Crippen LogP) is 10.1. The molecule has 200 valence electrons. The van der Waals surface area contributed by atoms with Gasteiger partial charge in [0.05, 0.1) is 0 Å². The van der Waals surface area contributed by atoms with Gasteiger partial charge in [-0.15, -0.1) is 0 Å². The van der Waals surface area contributed by atoms with E-state index >= 15 is 4.39 Å². The van der Waals surface area contributed by atoms with Gasteiger partial charge in [-0.25, -0.2) is 8.78 Å². The van der Waals surface area contributed by atoms with E-state index in [0.717, 1.165) is 52.6 Å². The number of nitrogens with zero attached hydrogens (tertiary/aromatic N) is 1. The summed E-state index contributed by atoms with van der Waals surface area (Å²) < 4.78 is 30.2. The number of benzene rings is 3. The van der Waals surface area contributed by atoms with E-state index in [9.17, 15) is 4.39 Å². The second kappa shape index (κ2) is 11.3. The molecular weight excluding hydrogens is 472 g/mol. The minimum atomic E-state index is -0.170. The maximum Gasteiger partial charge on any atom is 0.127 e. The summed E-state index contributed by atoms with van der Waals surface area (Å²) in [7, 11) is 0. The van der Waals surface area contributed by atoms with Crippen molar-refractivity contribution in [3.63, 3.8) is 0 Å². The van der Waals surface area contributed by atoms with Gasteiger partial charge in [0.1, 0.15) is 11.6 Å². The summed E-state index contributed by atoms with van der Waals surface area (Å²) in [5.41, 5.74) is 5.00. The van der Waals surface area contributed by atoms with Crippen LogP contribution in [0.2, 0.25) is 0 Å². The van der Waals surface area contributed by atoms with Crippen molar-refractivity contribution < 1.29 is 8.78 Å². The molecule has 3 aromatic carbocycles. The fourth-order valence-electron chi connectivity index (χ4n) is 6.29. The van der Waals surface area contributed by atoms with Crippen LogP contribution in [-0.4, -0.2) is 16.0 Å². The summed E-state index contributed by atoms with van der Waals surface area (Å²) in [5, 5.41) is 0. The van der Waals surface area contributed by atoms with Gasteiger partial charge in [0, 0.05) is 11.1 Å². The van der Waals surface area contributed by atoms with E-state index in [1.165, 1.54) is 0 Å². The first kappa shape index (κ1) is 27.8. The monoisotopic (exact) mass is 513 g/mol. The topological polar surface area (TPSA) is 3.24 Å². The molecule has 0 N–H and O–H groups in total. The number of hydrogen-bond donors (Lipinski definition) is 0. The van der Waals surface area contributed by atoms with Gasteiger partial charge in [0.2, 0.25) is 0 Å². The molecule has 0 amide bonds. The lowest BCUT2D eigenvalue weighted by molar-refractivity contribution is 0.00670. The van der Waals surface area contributed by atoms with Crippen LogP contribution in [0.1, 0.15) is 77.8 Å². The zero-order chi connectivity index (χ0) is 27.5. The lowest BCUT2D eigenvalue weighted by atomic mass is 9.71. The van der Waals surface area contributed by atoms with Gasteiger partial charge in [-0.3, -0.25) is 0 Å². The van der Waals surface area contributed by atoms with Gasteiger partial charge >= 0.3 is 0 Å². The molecule has 1 nitrogen and oxygen atoms in total. The molecule has 0 aromatic heterocycles. The fourth-order valence-corrected chi connectivity index (χ4v) is 6.29. The second-order valence-electron chi connectivity index (χ2n) is 11.8.